The van der Waals surface area contributed by atoms with E-state index in [0.717, 1.165) is 25.7 Å². The van der Waals surface area contributed by atoms with Crippen LogP contribution in [0.3, 0.4) is 0 Å². The number of likely N-dealkylation sites (tertiary alicyclic amines) is 1. The van der Waals surface area contributed by atoms with E-state index in [1.54, 1.807) is 4.90 Å². The topological polar surface area (TPSA) is 89.5 Å². The van der Waals surface area contributed by atoms with Gasteiger partial charge in [0.1, 0.15) is 0 Å². The minimum absolute atomic E-state index is 0.103. The third-order valence-corrected chi connectivity index (χ3v) is 4.19. The molecule has 0 bridgehead atoms. The number of anilines is 1. The first kappa shape index (κ1) is 15.3. The van der Waals surface area contributed by atoms with E-state index in [-0.39, 0.29) is 17.2 Å². The van der Waals surface area contributed by atoms with Crippen LogP contribution in [0.2, 0.25) is 0 Å². The number of non-ortho nitro benzene ring substituents is 1. The number of nitro benzene ring substituents is 1. The third kappa shape index (κ3) is 3.51. The van der Waals surface area contributed by atoms with Crippen LogP contribution in [0, 0.1) is 16.0 Å². The second-order valence-corrected chi connectivity index (χ2v) is 5.53. The number of nitro groups is 1. The number of hydrogen-bond donors (Lipinski definition) is 1. The first-order valence-corrected chi connectivity index (χ1v) is 7.36. The van der Waals surface area contributed by atoms with Gasteiger partial charge in [-0.25, -0.2) is 0 Å². The average molecular weight is 291 g/mol. The largest absolute Gasteiger partial charge is 0.398 e. The van der Waals surface area contributed by atoms with E-state index in [4.69, 9.17) is 5.73 Å². The van der Waals surface area contributed by atoms with Crippen molar-refractivity contribution in [1.82, 2.24) is 4.90 Å². The van der Waals surface area contributed by atoms with Gasteiger partial charge in [-0.2, -0.15) is 0 Å². The second kappa shape index (κ2) is 6.56. The smallest absolute Gasteiger partial charge is 0.270 e. The van der Waals surface area contributed by atoms with E-state index < -0.39 is 4.92 Å². The van der Waals surface area contributed by atoms with Crippen LogP contribution >= 0.6 is 0 Å². The van der Waals surface area contributed by atoms with Crippen molar-refractivity contribution in [2.24, 2.45) is 5.92 Å². The molecular formula is C15H21N3O3. The van der Waals surface area contributed by atoms with Crippen LogP contribution in [0.15, 0.2) is 18.2 Å². The summed E-state index contributed by atoms with van der Waals surface area (Å²) in [5, 5.41) is 10.8. The molecule has 1 aliphatic heterocycles. The summed E-state index contributed by atoms with van der Waals surface area (Å²) < 4.78 is 0. The number of nitrogen functional groups attached to an aromatic ring is 1. The Hall–Kier alpha value is -2.11. The highest BCUT2D eigenvalue weighted by Crippen LogP contribution is 2.25. The van der Waals surface area contributed by atoms with E-state index in [2.05, 4.69) is 6.92 Å². The lowest BCUT2D eigenvalue weighted by Gasteiger charge is -2.21. The van der Waals surface area contributed by atoms with E-state index in [0.29, 0.717) is 24.7 Å². The molecule has 0 aromatic heterocycles. The normalized spacial score (nSPS) is 19.1. The van der Waals surface area contributed by atoms with Crippen LogP contribution in [0.5, 0.6) is 0 Å². The van der Waals surface area contributed by atoms with Gasteiger partial charge in [-0.3, -0.25) is 14.9 Å². The molecule has 0 radical (unpaired) electrons. The van der Waals surface area contributed by atoms with Crippen LogP contribution in [0.4, 0.5) is 11.4 Å². The molecule has 1 heterocycles. The zero-order valence-corrected chi connectivity index (χ0v) is 12.2. The van der Waals surface area contributed by atoms with Gasteiger partial charge in [0.2, 0.25) is 0 Å². The van der Waals surface area contributed by atoms with Gasteiger partial charge in [-0.1, -0.05) is 13.3 Å². The summed E-state index contributed by atoms with van der Waals surface area (Å²) in [7, 11) is 0. The van der Waals surface area contributed by atoms with Crippen molar-refractivity contribution < 1.29 is 9.72 Å². The highest BCUT2D eigenvalue weighted by molar-refractivity contribution is 5.99. The van der Waals surface area contributed by atoms with Crippen LogP contribution in [-0.4, -0.2) is 28.8 Å². The number of nitrogens with two attached hydrogens (primary N) is 1. The zero-order valence-electron chi connectivity index (χ0n) is 12.2. The monoisotopic (exact) mass is 291 g/mol. The van der Waals surface area contributed by atoms with Gasteiger partial charge in [-0.15, -0.1) is 0 Å². The Kier molecular flexibility index (Phi) is 4.77. The SMILES string of the molecule is CCC1CCCN(C(=O)c2cc([N+](=O)[O-])ccc2N)CC1. The van der Waals surface area contributed by atoms with Crippen LogP contribution in [-0.2, 0) is 0 Å². The molecule has 1 amide bonds. The summed E-state index contributed by atoms with van der Waals surface area (Å²) in [6.45, 7) is 3.55. The summed E-state index contributed by atoms with van der Waals surface area (Å²) >= 11 is 0. The molecule has 2 N–H and O–H groups in total. The number of nitrogens with zero attached hydrogens (tertiary/aromatic N) is 2. The molecule has 21 heavy (non-hydrogen) atoms. The Morgan fingerprint density at radius 3 is 2.86 bits per heavy atom. The van der Waals surface area contributed by atoms with Crippen molar-refractivity contribution in [2.45, 2.75) is 32.6 Å². The lowest BCUT2D eigenvalue weighted by molar-refractivity contribution is -0.384. The van der Waals surface area contributed by atoms with Gasteiger partial charge in [0, 0.05) is 30.9 Å². The van der Waals surface area contributed by atoms with E-state index in [1.165, 1.54) is 18.2 Å². The Bertz CT molecular complexity index is 545. The standard InChI is InChI=1S/C15H21N3O3/c1-2-11-4-3-8-17(9-7-11)15(19)13-10-12(18(20)21)5-6-14(13)16/h5-6,10-11H,2-4,7-9,16H2,1H3. The zero-order chi connectivity index (χ0) is 15.4. The predicted octanol–water partition coefficient (Wildman–Crippen LogP) is 2.83. The molecule has 1 aromatic rings. The lowest BCUT2D eigenvalue weighted by Crippen LogP contribution is -2.32. The van der Waals surface area contributed by atoms with Crippen LogP contribution < -0.4 is 5.73 Å². The number of benzene rings is 1. The van der Waals surface area contributed by atoms with Crippen LogP contribution in [0.25, 0.3) is 0 Å². The number of carbonyl (C=O) groups is 1. The summed E-state index contributed by atoms with van der Waals surface area (Å²) in [5.74, 6) is 0.457. The molecule has 1 unspecified atom stereocenters. The third-order valence-electron chi connectivity index (χ3n) is 4.19. The fraction of sp³-hybridized carbons (Fsp3) is 0.533. The molecule has 0 aliphatic carbocycles. The van der Waals surface area contributed by atoms with Gasteiger partial charge < -0.3 is 10.6 Å². The van der Waals surface area contributed by atoms with E-state index in [1.807, 2.05) is 0 Å². The molecule has 2 rings (SSSR count). The first-order valence-electron chi connectivity index (χ1n) is 7.36. The summed E-state index contributed by atoms with van der Waals surface area (Å²) in [5.41, 5.74) is 6.25. The van der Waals surface area contributed by atoms with Crippen molar-refractivity contribution in [2.75, 3.05) is 18.8 Å². The predicted molar refractivity (Wildman–Crippen MR) is 81.0 cm³/mol. The fourth-order valence-electron chi connectivity index (χ4n) is 2.79. The first-order chi connectivity index (χ1) is 10.0. The molecule has 1 saturated heterocycles. The van der Waals surface area contributed by atoms with Gasteiger partial charge >= 0.3 is 0 Å². The average Bonchev–Trinajstić information content (AvgIpc) is 2.72. The quantitative estimate of drug-likeness (QED) is 0.527. The number of hydrogen-bond acceptors (Lipinski definition) is 4. The van der Waals surface area contributed by atoms with Crippen molar-refractivity contribution >= 4 is 17.3 Å². The minimum atomic E-state index is -0.508. The maximum atomic E-state index is 12.6. The molecule has 6 nitrogen and oxygen atoms in total. The van der Waals surface area contributed by atoms with Gasteiger partial charge in [0.05, 0.1) is 10.5 Å². The van der Waals surface area contributed by atoms with Crippen molar-refractivity contribution in [1.29, 1.82) is 0 Å². The molecule has 1 fully saturated rings. The van der Waals surface area contributed by atoms with Gasteiger partial charge in [-0.05, 0) is 31.2 Å². The number of carbonyl (C=O) groups excluding carboxylic acids is 1. The molecule has 1 aliphatic rings. The van der Waals surface area contributed by atoms with Crippen LogP contribution in [0.1, 0.15) is 43.0 Å². The maximum Gasteiger partial charge on any atom is 0.270 e. The molecule has 1 atom stereocenters. The Labute approximate surface area is 124 Å². The van der Waals surface area contributed by atoms with E-state index in [9.17, 15) is 14.9 Å². The molecule has 1 aromatic carbocycles. The Morgan fingerprint density at radius 1 is 1.43 bits per heavy atom. The van der Waals surface area contributed by atoms with Crippen molar-refractivity contribution in [3.05, 3.63) is 33.9 Å². The van der Waals surface area contributed by atoms with Crippen molar-refractivity contribution in [3.63, 3.8) is 0 Å². The molecule has 0 saturated carbocycles. The molecule has 6 heteroatoms. The molecule has 0 spiro atoms. The van der Waals surface area contributed by atoms with Gasteiger partial charge in [0.15, 0.2) is 0 Å². The van der Waals surface area contributed by atoms with Gasteiger partial charge in [0.25, 0.3) is 11.6 Å². The Balaban J connectivity index is 2.19. The Morgan fingerprint density at radius 2 is 2.19 bits per heavy atom. The summed E-state index contributed by atoms with van der Waals surface area (Å²) in [6, 6.07) is 4.03. The summed E-state index contributed by atoms with van der Waals surface area (Å²) in [6.07, 6.45) is 4.21. The van der Waals surface area contributed by atoms with E-state index >= 15 is 0 Å². The number of amides is 1. The highest BCUT2D eigenvalue weighted by Gasteiger charge is 2.23. The lowest BCUT2D eigenvalue weighted by atomic mass is 9.98. The fourth-order valence-corrected chi connectivity index (χ4v) is 2.79. The number of rotatable bonds is 3. The molecule has 114 valence electrons. The second-order valence-electron chi connectivity index (χ2n) is 5.53. The molecular weight excluding hydrogens is 270 g/mol. The highest BCUT2D eigenvalue weighted by atomic mass is 16.6. The minimum Gasteiger partial charge on any atom is -0.398 e. The maximum absolute atomic E-state index is 12.6. The summed E-state index contributed by atoms with van der Waals surface area (Å²) in [4.78, 5) is 24.7. The van der Waals surface area contributed by atoms with Crippen molar-refractivity contribution in [3.8, 4) is 0 Å².